The number of hydrogen-bond donors (Lipinski definition) is 1. The first kappa shape index (κ1) is 16.5. The van der Waals surface area contributed by atoms with Crippen LogP contribution in [0.1, 0.15) is 19.4 Å². The third-order valence-corrected chi connectivity index (χ3v) is 3.32. The van der Waals surface area contributed by atoms with Crippen molar-refractivity contribution in [3.8, 4) is 11.5 Å². The monoisotopic (exact) mass is 382 g/mol. The van der Waals surface area contributed by atoms with Crippen LogP contribution in [0, 0.1) is 3.57 Å². The zero-order chi connectivity index (χ0) is 14.1. The van der Waals surface area contributed by atoms with Crippen molar-refractivity contribution in [2.24, 2.45) is 0 Å². The topological polar surface area (TPSA) is 57.2 Å². The van der Waals surface area contributed by atoms with Crippen LogP contribution in [0.25, 0.3) is 0 Å². The van der Waals surface area contributed by atoms with Gasteiger partial charge in [-0.25, -0.2) is 0 Å². The molecule has 0 aromatic heterocycles. The van der Waals surface area contributed by atoms with Gasteiger partial charge in [0, 0.05) is 13.2 Å². The number of aliphatic hydroxyl groups excluding tert-OH is 1. The molecule has 0 saturated heterocycles. The maximum absolute atomic E-state index is 9.24. The van der Waals surface area contributed by atoms with Gasteiger partial charge in [-0.2, -0.15) is 0 Å². The van der Waals surface area contributed by atoms with Crippen molar-refractivity contribution in [2.45, 2.75) is 20.5 Å². The molecule has 1 aromatic rings. The summed E-state index contributed by atoms with van der Waals surface area (Å²) in [6.45, 7) is 5.24. The molecule has 0 heterocycles. The molecule has 0 unspecified atom stereocenters. The minimum atomic E-state index is -0.0765. The number of halogens is 1. The molecule has 0 aliphatic heterocycles. The van der Waals surface area contributed by atoms with E-state index in [4.69, 9.17) is 18.9 Å². The molecule has 5 nitrogen and oxygen atoms in total. The molecule has 0 saturated carbocycles. The van der Waals surface area contributed by atoms with Crippen LogP contribution in [0.3, 0.4) is 0 Å². The van der Waals surface area contributed by atoms with Crippen LogP contribution in [0.2, 0.25) is 0 Å². The third-order valence-electron chi connectivity index (χ3n) is 2.25. The Morgan fingerprint density at radius 2 is 1.47 bits per heavy atom. The second-order valence-corrected chi connectivity index (χ2v) is 4.65. The molecular formula is C13H19IO5. The highest BCUT2D eigenvalue weighted by Crippen LogP contribution is 2.32. The molecule has 108 valence electrons. The van der Waals surface area contributed by atoms with Gasteiger partial charge in [0.15, 0.2) is 13.6 Å². The molecule has 1 aromatic carbocycles. The lowest BCUT2D eigenvalue weighted by atomic mass is 10.2. The minimum absolute atomic E-state index is 0.0765. The maximum atomic E-state index is 9.24. The SMILES string of the molecule is CCOCOc1cc(CO)cc(OCOCC)c1I. The average molecular weight is 382 g/mol. The van der Waals surface area contributed by atoms with Crippen molar-refractivity contribution >= 4 is 22.6 Å². The fourth-order valence-corrected chi connectivity index (χ4v) is 1.93. The molecule has 1 N–H and O–H groups in total. The number of benzene rings is 1. The average Bonchev–Trinajstić information content (AvgIpc) is 2.42. The van der Waals surface area contributed by atoms with Crippen LogP contribution in [0.4, 0.5) is 0 Å². The molecule has 0 amide bonds. The van der Waals surface area contributed by atoms with Crippen molar-refractivity contribution in [3.05, 3.63) is 21.3 Å². The van der Waals surface area contributed by atoms with Crippen LogP contribution in [0.5, 0.6) is 11.5 Å². The highest BCUT2D eigenvalue weighted by Gasteiger charge is 2.11. The summed E-state index contributed by atoms with van der Waals surface area (Å²) >= 11 is 2.13. The zero-order valence-corrected chi connectivity index (χ0v) is 13.3. The number of hydrogen-bond acceptors (Lipinski definition) is 5. The lowest BCUT2D eigenvalue weighted by molar-refractivity contribution is 0.0169. The van der Waals surface area contributed by atoms with Crippen molar-refractivity contribution in [1.29, 1.82) is 0 Å². The fraction of sp³-hybridized carbons (Fsp3) is 0.538. The molecule has 0 fully saturated rings. The molecule has 0 radical (unpaired) electrons. The Bertz CT molecular complexity index is 352. The Hall–Kier alpha value is -0.570. The largest absolute Gasteiger partial charge is 0.466 e. The Labute approximate surface area is 126 Å². The van der Waals surface area contributed by atoms with Crippen LogP contribution in [-0.2, 0) is 16.1 Å². The predicted octanol–water partition coefficient (Wildman–Crippen LogP) is 2.53. The van der Waals surface area contributed by atoms with Gasteiger partial charge in [0.25, 0.3) is 0 Å². The number of ether oxygens (including phenoxy) is 4. The van der Waals surface area contributed by atoms with Gasteiger partial charge >= 0.3 is 0 Å². The van der Waals surface area contributed by atoms with E-state index >= 15 is 0 Å². The molecule has 19 heavy (non-hydrogen) atoms. The van der Waals surface area contributed by atoms with Crippen molar-refractivity contribution < 1.29 is 24.1 Å². The summed E-state index contributed by atoms with van der Waals surface area (Å²) in [5.74, 6) is 1.26. The Kier molecular flexibility index (Phi) is 8.11. The predicted molar refractivity (Wildman–Crippen MR) is 79.3 cm³/mol. The normalized spacial score (nSPS) is 10.5. The van der Waals surface area contributed by atoms with Gasteiger partial charge in [0.05, 0.1) is 10.2 Å². The standard InChI is InChI=1S/C13H19IO5/c1-3-16-8-18-11-5-10(7-15)6-12(13(11)14)19-9-17-4-2/h5-6,15H,3-4,7-9H2,1-2H3. The minimum Gasteiger partial charge on any atom is -0.466 e. The Balaban J connectivity index is 2.80. The van der Waals surface area contributed by atoms with E-state index in [1.807, 2.05) is 13.8 Å². The van der Waals surface area contributed by atoms with Gasteiger partial charge in [-0.3, -0.25) is 0 Å². The summed E-state index contributed by atoms with van der Waals surface area (Å²) in [7, 11) is 0. The Morgan fingerprint density at radius 3 is 1.84 bits per heavy atom. The molecule has 1 rings (SSSR count). The van der Waals surface area contributed by atoms with E-state index in [0.717, 1.165) is 9.13 Å². The summed E-state index contributed by atoms with van der Waals surface area (Å²) < 4.78 is 22.1. The quantitative estimate of drug-likeness (QED) is 0.404. The third kappa shape index (κ3) is 5.52. The summed E-state index contributed by atoms with van der Waals surface area (Å²) in [6.07, 6.45) is 0. The molecule has 0 atom stereocenters. The summed E-state index contributed by atoms with van der Waals surface area (Å²) in [6, 6.07) is 3.54. The summed E-state index contributed by atoms with van der Waals surface area (Å²) in [5.41, 5.74) is 0.721. The second-order valence-electron chi connectivity index (χ2n) is 3.57. The van der Waals surface area contributed by atoms with Crippen molar-refractivity contribution in [3.63, 3.8) is 0 Å². The molecule has 0 bridgehead atoms. The van der Waals surface area contributed by atoms with E-state index < -0.39 is 0 Å². The highest BCUT2D eigenvalue weighted by atomic mass is 127. The van der Waals surface area contributed by atoms with E-state index in [0.29, 0.717) is 24.7 Å². The van der Waals surface area contributed by atoms with Gasteiger partial charge in [-0.05, 0) is 54.1 Å². The second kappa shape index (κ2) is 9.35. The van der Waals surface area contributed by atoms with Gasteiger partial charge in [0.2, 0.25) is 0 Å². The molecular weight excluding hydrogens is 363 g/mol. The first-order valence-corrected chi connectivity index (χ1v) is 7.15. The zero-order valence-electron chi connectivity index (χ0n) is 11.1. The maximum Gasteiger partial charge on any atom is 0.189 e. The van der Waals surface area contributed by atoms with E-state index in [9.17, 15) is 5.11 Å². The molecule has 6 heteroatoms. The first-order valence-electron chi connectivity index (χ1n) is 6.07. The van der Waals surface area contributed by atoms with Crippen LogP contribution < -0.4 is 9.47 Å². The van der Waals surface area contributed by atoms with Gasteiger partial charge in [-0.1, -0.05) is 0 Å². The van der Waals surface area contributed by atoms with Crippen LogP contribution in [0.15, 0.2) is 12.1 Å². The summed E-state index contributed by atoms with van der Waals surface area (Å²) in [5, 5.41) is 9.24. The lowest BCUT2D eigenvalue weighted by Crippen LogP contribution is -2.07. The van der Waals surface area contributed by atoms with Crippen molar-refractivity contribution in [2.75, 3.05) is 26.8 Å². The van der Waals surface area contributed by atoms with E-state index in [-0.39, 0.29) is 20.2 Å². The lowest BCUT2D eigenvalue weighted by Gasteiger charge is -2.14. The van der Waals surface area contributed by atoms with Crippen molar-refractivity contribution in [1.82, 2.24) is 0 Å². The summed E-state index contributed by atoms with van der Waals surface area (Å²) in [4.78, 5) is 0. The fourth-order valence-electron chi connectivity index (χ4n) is 1.30. The van der Waals surface area contributed by atoms with Crippen LogP contribution >= 0.6 is 22.6 Å². The first-order chi connectivity index (χ1) is 9.22. The van der Waals surface area contributed by atoms with E-state index in [1.165, 1.54) is 0 Å². The van der Waals surface area contributed by atoms with E-state index in [1.54, 1.807) is 12.1 Å². The van der Waals surface area contributed by atoms with Crippen LogP contribution in [-0.4, -0.2) is 31.9 Å². The molecule has 0 spiro atoms. The smallest absolute Gasteiger partial charge is 0.189 e. The highest BCUT2D eigenvalue weighted by molar-refractivity contribution is 14.1. The number of aliphatic hydroxyl groups is 1. The number of rotatable bonds is 9. The van der Waals surface area contributed by atoms with Gasteiger partial charge in [-0.15, -0.1) is 0 Å². The van der Waals surface area contributed by atoms with E-state index in [2.05, 4.69) is 22.6 Å². The molecule has 0 aliphatic rings. The van der Waals surface area contributed by atoms with Gasteiger partial charge in [0.1, 0.15) is 11.5 Å². The Morgan fingerprint density at radius 1 is 1.00 bits per heavy atom. The van der Waals surface area contributed by atoms with Gasteiger partial charge < -0.3 is 24.1 Å². The molecule has 0 aliphatic carbocycles.